The number of hydrogen-bond acceptors (Lipinski definition) is 2. The standard InChI is InChI=1S/C12H23NO/c1-4-10(2)9-11(13-3)12-7-5-6-8-14-12/h11-13H,2,4-9H2,1,3H3. The van der Waals surface area contributed by atoms with Gasteiger partial charge in [-0.25, -0.2) is 0 Å². The van der Waals surface area contributed by atoms with Crippen LogP contribution >= 0.6 is 0 Å². The van der Waals surface area contributed by atoms with Crippen molar-refractivity contribution in [1.82, 2.24) is 5.32 Å². The van der Waals surface area contributed by atoms with Crippen molar-refractivity contribution in [2.45, 2.75) is 51.2 Å². The lowest BCUT2D eigenvalue weighted by Gasteiger charge is -2.30. The second-order valence-electron chi connectivity index (χ2n) is 4.11. The Morgan fingerprint density at radius 1 is 1.57 bits per heavy atom. The van der Waals surface area contributed by atoms with Gasteiger partial charge in [-0.2, -0.15) is 0 Å². The van der Waals surface area contributed by atoms with Crippen LogP contribution < -0.4 is 5.32 Å². The molecular formula is C12H23NO. The van der Waals surface area contributed by atoms with E-state index in [1.54, 1.807) is 0 Å². The van der Waals surface area contributed by atoms with E-state index in [0.29, 0.717) is 12.1 Å². The predicted molar refractivity (Wildman–Crippen MR) is 60.5 cm³/mol. The Morgan fingerprint density at radius 2 is 2.36 bits per heavy atom. The first-order chi connectivity index (χ1) is 6.77. The Morgan fingerprint density at radius 3 is 2.86 bits per heavy atom. The lowest BCUT2D eigenvalue weighted by Crippen LogP contribution is -2.41. The molecule has 1 aliphatic heterocycles. The highest BCUT2D eigenvalue weighted by molar-refractivity contribution is 4.98. The van der Waals surface area contributed by atoms with Crippen LogP contribution in [-0.2, 0) is 4.74 Å². The highest BCUT2D eigenvalue weighted by atomic mass is 16.5. The summed E-state index contributed by atoms with van der Waals surface area (Å²) in [5, 5.41) is 3.35. The minimum atomic E-state index is 0.400. The van der Waals surface area contributed by atoms with Gasteiger partial charge in [-0.3, -0.25) is 0 Å². The first-order valence-corrected chi connectivity index (χ1v) is 5.73. The summed E-state index contributed by atoms with van der Waals surface area (Å²) in [5.41, 5.74) is 1.32. The topological polar surface area (TPSA) is 21.3 Å². The summed E-state index contributed by atoms with van der Waals surface area (Å²) < 4.78 is 5.77. The van der Waals surface area contributed by atoms with E-state index in [-0.39, 0.29) is 0 Å². The van der Waals surface area contributed by atoms with Gasteiger partial charge in [0.05, 0.1) is 6.10 Å². The first-order valence-electron chi connectivity index (χ1n) is 5.73. The van der Waals surface area contributed by atoms with Gasteiger partial charge in [0.1, 0.15) is 0 Å². The Labute approximate surface area is 87.7 Å². The fourth-order valence-corrected chi connectivity index (χ4v) is 1.96. The van der Waals surface area contributed by atoms with Gasteiger partial charge >= 0.3 is 0 Å². The van der Waals surface area contributed by atoms with Gasteiger partial charge in [-0.1, -0.05) is 19.1 Å². The van der Waals surface area contributed by atoms with E-state index in [1.165, 1.54) is 24.8 Å². The fraction of sp³-hybridized carbons (Fsp3) is 0.833. The third-order valence-electron chi connectivity index (χ3n) is 3.04. The molecule has 2 nitrogen and oxygen atoms in total. The molecule has 0 aromatic rings. The zero-order valence-electron chi connectivity index (χ0n) is 9.51. The molecule has 0 radical (unpaired) electrons. The molecule has 1 saturated heterocycles. The largest absolute Gasteiger partial charge is 0.377 e. The van der Waals surface area contributed by atoms with Crippen LogP contribution in [0.1, 0.15) is 39.0 Å². The van der Waals surface area contributed by atoms with E-state index < -0.39 is 0 Å². The van der Waals surface area contributed by atoms with E-state index in [4.69, 9.17) is 4.74 Å². The van der Waals surface area contributed by atoms with E-state index in [0.717, 1.165) is 19.4 Å². The Hall–Kier alpha value is -0.340. The lowest BCUT2D eigenvalue weighted by atomic mass is 9.96. The highest BCUT2D eigenvalue weighted by Gasteiger charge is 2.23. The summed E-state index contributed by atoms with van der Waals surface area (Å²) in [6.45, 7) is 7.16. The molecule has 1 heterocycles. The summed E-state index contributed by atoms with van der Waals surface area (Å²) in [6.07, 6.45) is 6.26. The second kappa shape index (κ2) is 6.20. The first kappa shape index (κ1) is 11.7. The van der Waals surface area contributed by atoms with Crippen molar-refractivity contribution < 1.29 is 4.74 Å². The summed E-state index contributed by atoms with van der Waals surface area (Å²) >= 11 is 0. The molecule has 2 unspecified atom stereocenters. The highest BCUT2D eigenvalue weighted by Crippen LogP contribution is 2.20. The molecule has 0 aromatic heterocycles. The maximum absolute atomic E-state index is 5.77. The van der Waals surface area contributed by atoms with Gasteiger partial charge in [0.25, 0.3) is 0 Å². The molecule has 0 aromatic carbocycles. The molecule has 0 spiro atoms. The van der Waals surface area contributed by atoms with Crippen LogP contribution in [0.5, 0.6) is 0 Å². The summed E-state index contributed by atoms with van der Waals surface area (Å²) in [5.74, 6) is 0. The van der Waals surface area contributed by atoms with Crippen molar-refractivity contribution in [2.24, 2.45) is 0 Å². The average Bonchev–Trinajstić information content (AvgIpc) is 2.26. The molecular weight excluding hydrogens is 174 g/mol. The Bertz CT molecular complexity index is 173. The van der Waals surface area contributed by atoms with Gasteiger partial charge in [-0.15, -0.1) is 0 Å². The van der Waals surface area contributed by atoms with E-state index >= 15 is 0 Å². The van der Waals surface area contributed by atoms with Crippen LogP contribution in [0.3, 0.4) is 0 Å². The van der Waals surface area contributed by atoms with Crippen molar-refractivity contribution in [2.75, 3.05) is 13.7 Å². The lowest BCUT2D eigenvalue weighted by molar-refractivity contribution is -0.00594. The third-order valence-corrected chi connectivity index (χ3v) is 3.04. The van der Waals surface area contributed by atoms with Crippen LogP contribution in [-0.4, -0.2) is 25.8 Å². The zero-order chi connectivity index (χ0) is 10.4. The van der Waals surface area contributed by atoms with E-state index in [9.17, 15) is 0 Å². The average molecular weight is 197 g/mol. The molecule has 1 aliphatic rings. The number of nitrogens with one attached hydrogen (secondary N) is 1. The molecule has 2 atom stereocenters. The minimum absolute atomic E-state index is 0.400. The van der Waals surface area contributed by atoms with Gasteiger partial charge in [0.15, 0.2) is 0 Å². The minimum Gasteiger partial charge on any atom is -0.377 e. The Kier molecular flexibility index (Phi) is 5.20. The summed E-state index contributed by atoms with van der Waals surface area (Å²) in [6, 6.07) is 0.461. The molecule has 1 fully saturated rings. The van der Waals surface area contributed by atoms with Crippen molar-refractivity contribution in [3.63, 3.8) is 0 Å². The summed E-state index contributed by atoms with van der Waals surface area (Å²) in [7, 11) is 2.02. The van der Waals surface area contributed by atoms with Crippen LogP contribution in [0.2, 0.25) is 0 Å². The van der Waals surface area contributed by atoms with Crippen molar-refractivity contribution in [1.29, 1.82) is 0 Å². The van der Waals surface area contributed by atoms with Crippen LogP contribution in [0.15, 0.2) is 12.2 Å². The van der Waals surface area contributed by atoms with Gasteiger partial charge < -0.3 is 10.1 Å². The number of likely N-dealkylation sites (N-methyl/N-ethyl adjacent to an activating group) is 1. The van der Waals surface area contributed by atoms with Crippen LogP contribution in [0.25, 0.3) is 0 Å². The molecule has 0 bridgehead atoms. The molecule has 0 saturated carbocycles. The number of hydrogen-bond donors (Lipinski definition) is 1. The monoisotopic (exact) mass is 197 g/mol. The SMILES string of the molecule is C=C(CC)CC(NC)C1CCCCO1. The van der Waals surface area contributed by atoms with E-state index in [1.807, 2.05) is 7.05 Å². The molecule has 1 rings (SSSR count). The molecule has 0 amide bonds. The van der Waals surface area contributed by atoms with Crippen LogP contribution in [0, 0.1) is 0 Å². The van der Waals surface area contributed by atoms with E-state index in [2.05, 4.69) is 18.8 Å². The predicted octanol–water partition coefficient (Wildman–Crippen LogP) is 2.50. The second-order valence-corrected chi connectivity index (χ2v) is 4.11. The Balaban J connectivity index is 2.39. The van der Waals surface area contributed by atoms with Gasteiger partial charge in [0.2, 0.25) is 0 Å². The fourth-order valence-electron chi connectivity index (χ4n) is 1.96. The number of ether oxygens (including phenoxy) is 1. The molecule has 14 heavy (non-hydrogen) atoms. The van der Waals surface area contributed by atoms with Gasteiger partial charge in [0, 0.05) is 12.6 Å². The molecule has 0 aliphatic carbocycles. The molecule has 82 valence electrons. The normalized spacial score (nSPS) is 24.6. The maximum atomic E-state index is 5.77. The van der Waals surface area contributed by atoms with Crippen molar-refractivity contribution >= 4 is 0 Å². The zero-order valence-corrected chi connectivity index (χ0v) is 9.51. The smallest absolute Gasteiger partial charge is 0.0731 e. The van der Waals surface area contributed by atoms with Crippen molar-refractivity contribution in [3.05, 3.63) is 12.2 Å². The number of rotatable bonds is 5. The van der Waals surface area contributed by atoms with Crippen molar-refractivity contribution in [3.8, 4) is 0 Å². The maximum Gasteiger partial charge on any atom is 0.0731 e. The third kappa shape index (κ3) is 3.43. The quantitative estimate of drug-likeness (QED) is 0.684. The molecule has 1 N–H and O–H groups in total. The van der Waals surface area contributed by atoms with Gasteiger partial charge in [-0.05, 0) is 39.2 Å². The molecule has 2 heteroatoms. The summed E-state index contributed by atoms with van der Waals surface area (Å²) in [4.78, 5) is 0. The van der Waals surface area contributed by atoms with Crippen LogP contribution in [0.4, 0.5) is 0 Å².